The van der Waals surface area contributed by atoms with Gasteiger partial charge in [0.15, 0.2) is 11.6 Å². The van der Waals surface area contributed by atoms with Crippen LogP contribution in [0.4, 0.5) is 0 Å². The summed E-state index contributed by atoms with van der Waals surface area (Å²) in [6.07, 6.45) is 0.101. The second-order valence-corrected chi connectivity index (χ2v) is 4.71. The summed E-state index contributed by atoms with van der Waals surface area (Å²) in [4.78, 5) is 36.7. The Hall–Kier alpha value is -2.55. The highest BCUT2D eigenvalue weighted by Crippen LogP contribution is 2.23. The monoisotopic (exact) mass is 280 g/mol. The molecule has 1 unspecified atom stereocenters. The van der Waals surface area contributed by atoms with Gasteiger partial charge in [-0.05, 0) is 5.56 Å². The van der Waals surface area contributed by atoms with Gasteiger partial charge in [0.1, 0.15) is 5.92 Å². The summed E-state index contributed by atoms with van der Waals surface area (Å²) in [7, 11) is 0. The molecule has 1 atom stereocenters. The Morgan fingerprint density at radius 3 is 1.90 bits per heavy atom. The first kappa shape index (κ1) is 14.9. The number of benzene rings is 2. The van der Waals surface area contributed by atoms with Crippen LogP contribution in [-0.2, 0) is 9.59 Å². The molecule has 3 heteroatoms. The molecule has 106 valence electrons. The Labute approximate surface area is 123 Å². The number of carbonyl (C=O) groups is 3. The Morgan fingerprint density at radius 2 is 1.38 bits per heavy atom. The molecule has 0 saturated carbocycles. The molecule has 0 fully saturated rings. The van der Waals surface area contributed by atoms with Gasteiger partial charge in [0.25, 0.3) is 0 Å². The van der Waals surface area contributed by atoms with Crippen molar-refractivity contribution in [3.05, 3.63) is 71.8 Å². The van der Waals surface area contributed by atoms with Crippen molar-refractivity contribution in [3.63, 3.8) is 0 Å². The third-order valence-electron chi connectivity index (χ3n) is 3.31. The summed E-state index contributed by atoms with van der Waals surface area (Å²) >= 11 is 0. The lowest BCUT2D eigenvalue weighted by molar-refractivity contribution is -0.136. The summed E-state index contributed by atoms with van der Waals surface area (Å²) < 4.78 is 0. The van der Waals surface area contributed by atoms with Crippen molar-refractivity contribution in [2.75, 3.05) is 0 Å². The minimum atomic E-state index is -1.05. The molecule has 0 amide bonds. The maximum absolute atomic E-state index is 12.6. The molecule has 0 N–H and O–H groups in total. The van der Waals surface area contributed by atoms with Gasteiger partial charge in [0.2, 0.25) is 5.78 Å². The van der Waals surface area contributed by atoms with E-state index in [0.29, 0.717) is 11.1 Å². The lowest BCUT2D eigenvalue weighted by Crippen LogP contribution is -2.28. The highest BCUT2D eigenvalue weighted by Gasteiger charge is 2.32. The van der Waals surface area contributed by atoms with Gasteiger partial charge in [-0.3, -0.25) is 14.4 Å². The van der Waals surface area contributed by atoms with Crippen molar-refractivity contribution in [2.24, 2.45) is 0 Å². The molecule has 0 aliphatic rings. The summed E-state index contributed by atoms with van der Waals surface area (Å²) in [5.41, 5.74) is 0.988. The van der Waals surface area contributed by atoms with Gasteiger partial charge in [-0.2, -0.15) is 0 Å². The number of ketones is 3. The molecule has 0 radical (unpaired) electrons. The minimum absolute atomic E-state index is 0.101. The van der Waals surface area contributed by atoms with Crippen LogP contribution >= 0.6 is 0 Å². The number of carbonyl (C=O) groups excluding carboxylic acids is 3. The summed E-state index contributed by atoms with van der Waals surface area (Å²) in [5.74, 6) is -2.56. The SMILES string of the molecule is CCC(=O)C(=O)C(C(=O)c1ccccc1)c1ccccc1. The molecule has 0 aliphatic carbocycles. The normalized spacial score (nSPS) is 11.7. The fourth-order valence-corrected chi connectivity index (χ4v) is 2.17. The van der Waals surface area contributed by atoms with Crippen LogP contribution in [-0.4, -0.2) is 17.3 Å². The third kappa shape index (κ3) is 3.31. The van der Waals surface area contributed by atoms with Crippen molar-refractivity contribution in [1.82, 2.24) is 0 Å². The van der Waals surface area contributed by atoms with Crippen LogP contribution in [0.3, 0.4) is 0 Å². The van der Waals surface area contributed by atoms with E-state index < -0.39 is 17.5 Å². The lowest BCUT2D eigenvalue weighted by atomic mass is 9.85. The Balaban J connectivity index is 2.44. The van der Waals surface area contributed by atoms with Crippen LogP contribution < -0.4 is 0 Å². The second-order valence-electron chi connectivity index (χ2n) is 4.71. The van der Waals surface area contributed by atoms with E-state index in [1.54, 1.807) is 67.6 Å². The standard InChI is InChI=1S/C18H16O3/c1-2-15(19)18(21)16(13-9-5-3-6-10-13)17(20)14-11-7-4-8-12-14/h3-12,16H,2H2,1H3. The molecule has 0 aromatic heterocycles. The van der Waals surface area contributed by atoms with Gasteiger partial charge >= 0.3 is 0 Å². The van der Waals surface area contributed by atoms with Crippen molar-refractivity contribution in [1.29, 1.82) is 0 Å². The number of rotatable bonds is 6. The zero-order valence-electron chi connectivity index (χ0n) is 11.8. The summed E-state index contributed by atoms with van der Waals surface area (Å²) in [5, 5.41) is 0. The molecule has 2 aromatic carbocycles. The highest BCUT2D eigenvalue weighted by molar-refractivity contribution is 6.44. The molecule has 3 nitrogen and oxygen atoms in total. The van der Waals surface area contributed by atoms with E-state index in [9.17, 15) is 14.4 Å². The van der Waals surface area contributed by atoms with Crippen LogP contribution in [0.25, 0.3) is 0 Å². The highest BCUT2D eigenvalue weighted by atomic mass is 16.2. The van der Waals surface area contributed by atoms with E-state index in [1.807, 2.05) is 0 Å². The zero-order chi connectivity index (χ0) is 15.2. The predicted molar refractivity (Wildman–Crippen MR) is 80.3 cm³/mol. The molecule has 0 bridgehead atoms. The molecule has 0 spiro atoms. The fraction of sp³-hybridized carbons (Fsp3) is 0.167. The van der Waals surface area contributed by atoms with Gasteiger partial charge in [0, 0.05) is 12.0 Å². The van der Waals surface area contributed by atoms with E-state index in [2.05, 4.69) is 0 Å². The fourth-order valence-electron chi connectivity index (χ4n) is 2.17. The molecule has 2 rings (SSSR count). The van der Waals surface area contributed by atoms with Gasteiger partial charge < -0.3 is 0 Å². The second kappa shape index (κ2) is 6.75. The van der Waals surface area contributed by atoms with Gasteiger partial charge in [-0.25, -0.2) is 0 Å². The number of Topliss-reactive ketones (excluding diaryl/α,β-unsaturated/α-hetero) is 3. The van der Waals surface area contributed by atoms with Crippen LogP contribution in [0, 0.1) is 0 Å². The number of hydrogen-bond donors (Lipinski definition) is 0. The van der Waals surface area contributed by atoms with E-state index in [-0.39, 0.29) is 12.2 Å². The lowest BCUT2D eigenvalue weighted by Gasteiger charge is -2.14. The van der Waals surface area contributed by atoms with Crippen molar-refractivity contribution in [2.45, 2.75) is 19.3 Å². The van der Waals surface area contributed by atoms with E-state index >= 15 is 0 Å². The molecule has 21 heavy (non-hydrogen) atoms. The number of hydrogen-bond acceptors (Lipinski definition) is 3. The van der Waals surface area contributed by atoms with Gasteiger partial charge in [-0.15, -0.1) is 0 Å². The van der Waals surface area contributed by atoms with Crippen LogP contribution in [0.15, 0.2) is 60.7 Å². The Morgan fingerprint density at radius 1 is 0.857 bits per heavy atom. The molecule has 0 saturated heterocycles. The largest absolute Gasteiger partial charge is 0.293 e. The first-order chi connectivity index (χ1) is 10.1. The zero-order valence-corrected chi connectivity index (χ0v) is 11.8. The summed E-state index contributed by atoms with van der Waals surface area (Å²) in [6.45, 7) is 1.62. The van der Waals surface area contributed by atoms with Crippen molar-refractivity contribution < 1.29 is 14.4 Å². The molecular formula is C18H16O3. The van der Waals surface area contributed by atoms with Crippen molar-refractivity contribution in [3.8, 4) is 0 Å². The van der Waals surface area contributed by atoms with E-state index in [1.165, 1.54) is 0 Å². The molecule has 2 aromatic rings. The Bertz CT molecular complexity index is 645. The van der Waals surface area contributed by atoms with Crippen LogP contribution in [0.5, 0.6) is 0 Å². The molecular weight excluding hydrogens is 264 g/mol. The predicted octanol–water partition coefficient (Wildman–Crippen LogP) is 3.20. The van der Waals surface area contributed by atoms with Crippen molar-refractivity contribution >= 4 is 17.3 Å². The van der Waals surface area contributed by atoms with E-state index in [4.69, 9.17) is 0 Å². The minimum Gasteiger partial charge on any atom is -0.293 e. The molecule has 0 aliphatic heterocycles. The smallest absolute Gasteiger partial charge is 0.213 e. The first-order valence-electron chi connectivity index (χ1n) is 6.86. The van der Waals surface area contributed by atoms with Gasteiger partial charge in [-0.1, -0.05) is 67.6 Å². The molecule has 0 heterocycles. The van der Waals surface area contributed by atoms with Crippen LogP contribution in [0.2, 0.25) is 0 Å². The topological polar surface area (TPSA) is 51.2 Å². The van der Waals surface area contributed by atoms with Crippen LogP contribution in [0.1, 0.15) is 35.2 Å². The van der Waals surface area contributed by atoms with E-state index in [0.717, 1.165) is 0 Å². The Kier molecular flexibility index (Phi) is 4.77. The maximum Gasteiger partial charge on any atom is 0.213 e. The third-order valence-corrected chi connectivity index (χ3v) is 3.31. The quantitative estimate of drug-likeness (QED) is 0.464. The average molecular weight is 280 g/mol. The van der Waals surface area contributed by atoms with Gasteiger partial charge in [0.05, 0.1) is 0 Å². The maximum atomic E-state index is 12.6. The summed E-state index contributed by atoms with van der Waals surface area (Å²) in [6, 6.07) is 17.3. The first-order valence-corrected chi connectivity index (χ1v) is 6.86. The average Bonchev–Trinajstić information content (AvgIpc) is 2.56.